The van der Waals surface area contributed by atoms with Crippen LogP contribution in [0.3, 0.4) is 0 Å². The summed E-state index contributed by atoms with van der Waals surface area (Å²) in [7, 11) is 0. The molecule has 1 aromatic heterocycles. The van der Waals surface area contributed by atoms with Crippen LogP contribution >= 0.6 is 27.5 Å². The van der Waals surface area contributed by atoms with Crippen molar-refractivity contribution >= 4 is 44.1 Å². The summed E-state index contributed by atoms with van der Waals surface area (Å²) in [6.07, 6.45) is 1.01. The van der Waals surface area contributed by atoms with E-state index in [1.807, 2.05) is 0 Å². The predicted molar refractivity (Wildman–Crippen MR) is 61.1 cm³/mol. The zero-order valence-corrected chi connectivity index (χ0v) is 9.92. The third kappa shape index (κ3) is 1.64. The van der Waals surface area contributed by atoms with Gasteiger partial charge in [0.1, 0.15) is 17.0 Å². The Morgan fingerprint density at radius 3 is 2.81 bits per heavy atom. The molecule has 0 aliphatic carbocycles. The Kier molecular flexibility index (Phi) is 2.77. The second-order valence-electron chi connectivity index (χ2n) is 2.97. The van der Waals surface area contributed by atoms with Gasteiger partial charge in [0, 0.05) is 0 Å². The number of hydrogen-bond acceptors (Lipinski definition) is 3. The van der Waals surface area contributed by atoms with E-state index in [0.29, 0.717) is 0 Å². The van der Waals surface area contributed by atoms with E-state index in [1.165, 1.54) is 12.1 Å². The lowest BCUT2D eigenvalue weighted by molar-refractivity contribution is -0.384. The summed E-state index contributed by atoms with van der Waals surface area (Å²) in [5.41, 5.74) is -0.137. The highest BCUT2D eigenvalue weighted by atomic mass is 79.9. The van der Waals surface area contributed by atoms with Crippen molar-refractivity contribution in [3.8, 4) is 0 Å². The summed E-state index contributed by atoms with van der Waals surface area (Å²) < 4.78 is 13.9. The third-order valence-electron chi connectivity index (χ3n) is 2.04. The molecule has 7 heteroatoms. The molecule has 82 valence electrons. The van der Waals surface area contributed by atoms with Gasteiger partial charge in [-0.25, -0.2) is 9.37 Å². The molecule has 2 rings (SSSR count). The van der Waals surface area contributed by atoms with E-state index in [0.717, 1.165) is 6.20 Å². The number of rotatable bonds is 1. The first-order valence-corrected chi connectivity index (χ1v) is 5.26. The van der Waals surface area contributed by atoms with Crippen molar-refractivity contribution in [1.82, 2.24) is 4.98 Å². The summed E-state index contributed by atoms with van der Waals surface area (Å²) in [4.78, 5) is 13.7. The molecule has 0 saturated carbocycles. The lowest BCUT2D eigenvalue weighted by Crippen LogP contribution is -1.94. The van der Waals surface area contributed by atoms with Crippen molar-refractivity contribution in [1.29, 1.82) is 0 Å². The number of halogens is 3. The topological polar surface area (TPSA) is 56.0 Å². The number of fused-ring (bicyclic) bond motifs is 1. The smallest absolute Gasteiger partial charge is 0.258 e. The molecule has 0 amide bonds. The number of nitrogens with zero attached hydrogens (tertiary/aromatic N) is 2. The van der Waals surface area contributed by atoms with Crippen LogP contribution in [0.15, 0.2) is 22.8 Å². The molecule has 0 N–H and O–H groups in total. The fraction of sp³-hybridized carbons (Fsp3) is 0. The van der Waals surface area contributed by atoms with Gasteiger partial charge in [-0.05, 0) is 28.1 Å². The molecule has 0 aliphatic heterocycles. The average molecular weight is 305 g/mol. The highest BCUT2D eigenvalue weighted by Gasteiger charge is 2.19. The van der Waals surface area contributed by atoms with Crippen LogP contribution in [0.1, 0.15) is 0 Å². The van der Waals surface area contributed by atoms with Crippen LogP contribution in [0, 0.1) is 15.9 Å². The highest BCUT2D eigenvalue weighted by molar-refractivity contribution is 9.10. The number of nitro groups is 1. The quantitative estimate of drug-likeness (QED) is 0.596. The van der Waals surface area contributed by atoms with Gasteiger partial charge in [0.2, 0.25) is 0 Å². The van der Waals surface area contributed by atoms with E-state index in [2.05, 4.69) is 20.9 Å². The number of pyridine rings is 1. The van der Waals surface area contributed by atoms with Gasteiger partial charge in [-0.3, -0.25) is 10.1 Å². The molecular weight excluding hydrogens is 302 g/mol. The van der Waals surface area contributed by atoms with Gasteiger partial charge in [-0.15, -0.1) is 0 Å². The largest absolute Gasteiger partial charge is 0.306 e. The van der Waals surface area contributed by atoms with Crippen molar-refractivity contribution in [2.45, 2.75) is 0 Å². The molecule has 0 aliphatic rings. The minimum Gasteiger partial charge on any atom is -0.258 e. The molecule has 0 saturated heterocycles. The summed E-state index contributed by atoms with van der Waals surface area (Å²) >= 11 is 8.75. The van der Waals surface area contributed by atoms with Gasteiger partial charge in [0.15, 0.2) is 0 Å². The molecule has 1 aromatic carbocycles. The first-order valence-electron chi connectivity index (χ1n) is 4.09. The molecular formula is C9H3BrClFN2O2. The van der Waals surface area contributed by atoms with E-state index in [-0.39, 0.29) is 20.4 Å². The van der Waals surface area contributed by atoms with Gasteiger partial charge >= 0.3 is 5.69 Å². The van der Waals surface area contributed by atoms with Gasteiger partial charge in [0.05, 0.1) is 20.3 Å². The van der Waals surface area contributed by atoms with Crippen LogP contribution < -0.4 is 0 Å². The first kappa shape index (κ1) is 11.2. The normalized spacial score (nSPS) is 10.7. The van der Waals surface area contributed by atoms with Crippen LogP contribution in [0.4, 0.5) is 10.1 Å². The van der Waals surface area contributed by atoms with Crippen LogP contribution in [-0.2, 0) is 0 Å². The number of aromatic nitrogens is 1. The van der Waals surface area contributed by atoms with Crippen molar-refractivity contribution in [3.05, 3.63) is 43.8 Å². The van der Waals surface area contributed by atoms with Crippen LogP contribution in [0.5, 0.6) is 0 Å². The second kappa shape index (κ2) is 3.95. The zero-order valence-electron chi connectivity index (χ0n) is 7.58. The van der Waals surface area contributed by atoms with Crippen LogP contribution in [0.25, 0.3) is 10.9 Å². The molecule has 16 heavy (non-hydrogen) atoms. The average Bonchev–Trinajstić information content (AvgIpc) is 2.23. The van der Waals surface area contributed by atoms with Crippen molar-refractivity contribution in [2.24, 2.45) is 0 Å². The minimum absolute atomic E-state index is 0.0507. The molecule has 0 atom stereocenters. The first-order chi connectivity index (χ1) is 7.52. The van der Waals surface area contributed by atoms with E-state index < -0.39 is 16.4 Å². The number of benzene rings is 1. The number of hydrogen-bond donors (Lipinski definition) is 0. The fourth-order valence-corrected chi connectivity index (χ4v) is 1.93. The standard InChI is InChI=1S/C9H3BrClFN2O2/c10-4-1-2-5-7(9(4)12)8(11)6(3-13-5)14(15)16/h1-3H. The maximum absolute atomic E-state index is 13.7. The van der Waals surface area contributed by atoms with Crippen LogP contribution in [-0.4, -0.2) is 9.91 Å². The van der Waals surface area contributed by atoms with E-state index in [1.54, 1.807) is 0 Å². The van der Waals surface area contributed by atoms with Gasteiger partial charge in [-0.1, -0.05) is 11.6 Å². The molecule has 0 bridgehead atoms. The van der Waals surface area contributed by atoms with Crippen LogP contribution in [0.2, 0.25) is 5.02 Å². The lowest BCUT2D eigenvalue weighted by Gasteiger charge is -2.03. The molecule has 0 spiro atoms. The van der Waals surface area contributed by atoms with Crippen molar-refractivity contribution in [2.75, 3.05) is 0 Å². The van der Waals surface area contributed by atoms with Crippen molar-refractivity contribution < 1.29 is 9.31 Å². The Labute approximate surface area is 102 Å². The molecule has 2 aromatic rings. The Hall–Kier alpha value is -1.27. The maximum Gasteiger partial charge on any atom is 0.306 e. The van der Waals surface area contributed by atoms with E-state index >= 15 is 0 Å². The maximum atomic E-state index is 13.7. The van der Waals surface area contributed by atoms with Gasteiger partial charge in [-0.2, -0.15) is 0 Å². The fourth-order valence-electron chi connectivity index (χ4n) is 1.30. The summed E-state index contributed by atoms with van der Waals surface area (Å²) in [5, 5.41) is 10.3. The Morgan fingerprint density at radius 2 is 2.19 bits per heavy atom. The van der Waals surface area contributed by atoms with E-state index in [9.17, 15) is 14.5 Å². The third-order valence-corrected chi connectivity index (χ3v) is 3.03. The summed E-state index contributed by atoms with van der Waals surface area (Å²) in [6.45, 7) is 0. The van der Waals surface area contributed by atoms with Gasteiger partial charge < -0.3 is 0 Å². The monoisotopic (exact) mass is 304 g/mol. The predicted octanol–water partition coefficient (Wildman–Crippen LogP) is 3.70. The van der Waals surface area contributed by atoms with Crippen molar-refractivity contribution in [3.63, 3.8) is 0 Å². The molecule has 0 unspecified atom stereocenters. The lowest BCUT2D eigenvalue weighted by atomic mass is 10.2. The molecule has 0 fully saturated rings. The summed E-state index contributed by atoms with van der Waals surface area (Å²) in [6, 6.07) is 2.99. The molecule has 1 heterocycles. The zero-order chi connectivity index (χ0) is 11.9. The molecule has 0 radical (unpaired) electrons. The minimum atomic E-state index is -0.699. The second-order valence-corrected chi connectivity index (χ2v) is 4.20. The Bertz CT molecular complexity index is 606. The molecule has 4 nitrogen and oxygen atoms in total. The van der Waals surface area contributed by atoms with E-state index in [4.69, 9.17) is 11.6 Å². The SMILES string of the molecule is O=[N+]([O-])c1cnc2ccc(Br)c(F)c2c1Cl. The Morgan fingerprint density at radius 1 is 1.50 bits per heavy atom. The van der Waals surface area contributed by atoms with Gasteiger partial charge in [0.25, 0.3) is 0 Å². The Balaban J connectivity index is 2.92. The summed E-state index contributed by atoms with van der Waals surface area (Å²) in [5.74, 6) is -0.654. The highest BCUT2D eigenvalue weighted by Crippen LogP contribution is 2.34.